The summed E-state index contributed by atoms with van der Waals surface area (Å²) in [7, 11) is 3.73. The van der Waals surface area contributed by atoms with Crippen LogP contribution in [-0.2, 0) is 4.79 Å². The molecule has 5 nitrogen and oxygen atoms in total. The van der Waals surface area contributed by atoms with Crippen LogP contribution < -0.4 is 10.6 Å². The Morgan fingerprint density at radius 1 is 1.26 bits per heavy atom. The van der Waals surface area contributed by atoms with Gasteiger partial charge in [-0.1, -0.05) is 27.2 Å². The van der Waals surface area contributed by atoms with Gasteiger partial charge >= 0.3 is 0 Å². The van der Waals surface area contributed by atoms with Gasteiger partial charge in [0.2, 0.25) is 6.41 Å². The molecular formula is C22H40N4O. The molecule has 0 bridgehead atoms. The zero-order valence-electron chi connectivity index (χ0n) is 18.2. The molecule has 0 aromatic rings. The van der Waals surface area contributed by atoms with Crippen molar-refractivity contribution in [3.63, 3.8) is 0 Å². The Hall–Kier alpha value is -1.49. The third kappa shape index (κ3) is 5.74. The van der Waals surface area contributed by atoms with E-state index in [0.717, 1.165) is 18.5 Å². The van der Waals surface area contributed by atoms with E-state index in [9.17, 15) is 0 Å². The van der Waals surface area contributed by atoms with Gasteiger partial charge in [0.15, 0.2) is 0 Å². The highest BCUT2D eigenvalue weighted by molar-refractivity contribution is 5.44. The number of carbonyl (C=O) groups is 1. The zero-order chi connectivity index (χ0) is 20.0. The van der Waals surface area contributed by atoms with Crippen LogP contribution in [0.25, 0.3) is 0 Å². The SMILES string of the molecule is CCC(C)(C)C1CCC(N2CC(NC3=CC=C(C)N(C)C3)C2)C1.CNC=O. The molecule has 2 atom stereocenters. The van der Waals surface area contributed by atoms with Crippen LogP contribution in [-0.4, -0.2) is 62.0 Å². The van der Waals surface area contributed by atoms with Crippen molar-refractivity contribution in [3.05, 3.63) is 23.5 Å². The summed E-state index contributed by atoms with van der Waals surface area (Å²) in [5, 5.41) is 6.00. The maximum absolute atomic E-state index is 9.06. The Kier molecular flexibility index (Phi) is 7.78. The van der Waals surface area contributed by atoms with Crippen molar-refractivity contribution in [2.24, 2.45) is 11.3 Å². The molecule has 0 spiro atoms. The van der Waals surface area contributed by atoms with Crippen molar-refractivity contribution in [3.8, 4) is 0 Å². The van der Waals surface area contributed by atoms with Crippen LogP contribution in [0.15, 0.2) is 23.5 Å². The highest BCUT2D eigenvalue weighted by Gasteiger charge is 2.40. The summed E-state index contributed by atoms with van der Waals surface area (Å²) >= 11 is 0. The van der Waals surface area contributed by atoms with Gasteiger partial charge in [0.05, 0.1) is 12.6 Å². The molecule has 2 aliphatic heterocycles. The molecule has 3 rings (SSSR count). The van der Waals surface area contributed by atoms with Crippen LogP contribution in [0.2, 0.25) is 0 Å². The largest absolute Gasteiger partial charge is 0.382 e. The first-order chi connectivity index (χ1) is 12.8. The highest BCUT2D eigenvalue weighted by atomic mass is 16.1. The molecule has 2 unspecified atom stereocenters. The average molecular weight is 377 g/mol. The number of nitrogens with one attached hydrogen (secondary N) is 2. The van der Waals surface area contributed by atoms with Gasteiger partial charge in [-0.15, -0.1) is 0 Å². The first-order valence-electron chi connectivity index (χ1n) is 10.5. The maximum atomic E-state index is 9.06. The summed E-state index contributed by atoms with van der Waals surface area (Å²) < 4.78 is 0. The lowest BCUT2D eigenvalue weighted by Gasteiger charge is -2.45. The molecule has 0 aromatic heterocycles. The van der Waals surface area contributed by atoms with E-state index in [1.165, 1.54) is 50.2 Å². The summed E-state index contributed by atoms with van der Waals surface area (Å²) in [4.78, 5) is 14.1. The van der Waals surface area contributed by atoms with E-state index in [2.05, 4.69) is 67.3 Å². The summed E-state index contributed by atoms with van der Waals surface area (Å²) in [6.07, 6.45) is 10.7. The number of allylic oxidation sites excluding steroid dienone is 3. The Bertz CT molecular complexity index is 549. The average Bonchev–Trinajstić information content (AvgIpc) is 3.11. The van der Waals surface area contributed by atoms with Crippen molar-refractivity contribution in [1.29, 1.82) is 0 Å². The molecule has 154 valence electrons. The zero-order valence-corrected chi connectivity index (χ0v) is 18.2. The second-order valence-corrected chi connectivity index (χ2v) is 9.06. The minimum atomic E-state index is 0.527. The summed E-state index contributed by atoms with van der Waals surface area (Å²) in [6.45, 7) is 12.9. The molecule has 2 N–H and O–H groups in total. The lowest BCUT2D eigenvalue weighted by atomic mass is 9.75. The fourth-order valence-electron chi connectivity index (χ4n) is 4.33. The molecule has 27 heavy (non-hydrogen) atoms. The summed E-state index contributed by atoms with van der Waals surface area (Å²) in [5.74, 6) is 0.923. The molecule has 1 aliphatic carbocycles. The Morgan fingerprint density at radius 3 is 2.48 bits per heavy atom. The quantitative estimate of drug-likeness (QED) is 0.700. The number of hydrogen-bond acceptors (Lipinski definition) is 4. The van der Waals surface area contributed by atoms with Crippen LogP contribution in [0.1, 0.15) is 53.4 Å². The summed E-state index contributed by atoms with van der Waals surface area (Å²) in [5.41, 5.74) is 3.25. The molecular weight excluding hydrogens is 336 g/mol. The summed E-state index contributed by atoms with van der Waals surface area (Å²) in [6, 6.07) is 1.49. The van der Waals surface area contributed by atoms with E-state index in [1.807, 2.05) is 0 Å². The van der Waals surface area contributed by atoms with Gasteiger partial charge in [-0.3, -0.25) is 9.69 Å². The van der Waals surface area contributed by atoms with Crippen molar-refractivity contribution in [2.75, 3.05) is 33.7 Å². The van der Waals surface area contributed by atoms with Crippen LogP contribution >= 0.6 is 0 Å². The van der Waals surface area contributed by atoms with E-state index >= 15 is 0 Å². The first-order valence-corrected chi connectivity index (χ1v) is 10.5. The molecule has 2 heterocycles. The number of rotatable bonds is 6. The van der Waals surface area contributed by atoms with Crippen LogP contribution in [0, 0.1) is 11.3 Å². The molecule has 1 saturated heterocycles. The van der Waals surface area contributed by atoms with Gasteiger partial charge in [-0.05, 0) is 49.7 Å². The van der Waals surface area contributed by atoms with Gasteiger partial charge in [0.1, 0.15) is 0 Å². The number of hydrogen-bond donors (Lipinski definition) is 2. The number of carbonyl (C=O) groups excluding carboxylic acids is 1. The van der Waals surface area contributed by atoms with Crippen molar-refractivity contribution in [2.45, 2.75) is 65.5 Å². The van der Waals surface area contributed by atoms with E-state index in [0.29, 0.717) is 17.9 Å². The van der Waals surface area contributed by atoms with Gasteiger partial charge < -0.3 is 15.5 Å². The number of likely N-dealkylation sites (tertiary alicyclic amines) is 1. The van der Waals surface area contributed by atoms with Crippen LogP contribution in [0.5, 0.6) is 0 Å². The fraction of sp³-hybridized carbons (Fsp3) is 0.773. The molecule has 1 saturated carbocycles. The van der Waals surface area contributed by atoms with Crippen molar-refractivity contribution >= 4 is 6.41 Å². The smallest absolute Gasteiger partial charge is 0.206 e. The van der Waals surface area contributed by atoms with Crippen LogP contribution in [0.3, 0.4) is 0 Å². The Morgan fingerprint density at radius 2 is 1.93 bits per heavy atom. The monoisotopic (exact) mass is 376 g/mol. The number of likely N-dealkylation sites (N-methyl/N-ethyl adjacent to an activating group) is 1. The minimum absolute atomic E-state index is 0.527. The predicted molar refractivity (Wildman–Crippen MR) is 113 cm³/mol. The Balaban J connectivity index is 0.000000596. The van der Waals surface area contributed by atoms with Gasteiger partial charge in [0.25, 0.3) is 0 Å². The van der Waals surface area contributed by atoms with E-state index in [4.69, 9.17) is 4.79 Å². The second kappa shape index (κ2) is 9.63. The third-order valence-electron chi connectivity index (χ3n) is 6.89. The lowest BCUT2D eigenvalue weighted by Crippen LogP contribution is -2.60. The molecule has 2 fully saturated rings. The van der Waals surface area contributed by atoms with Crippen molar-refractivity contribution < 1.29 is 4.79 Å². The molecule has 0 radical (unpaired) electrons. The lowest BCUT2D eigenvalue weighted by molar-refractivity contribution is -0.109. The van der Waals surface area contributed by atoms with Gasteiger partial charge in [-0.2, -0.15) is 0 Å². The number of nitrogens with zero attached hydrogens (tertiary/aromatic N) is 2. The molecule has 0 aromatic carbocycles. The van der Waals surface area contributed by atoms with E-state index < -0.39 is 0 Å². The Labute approximate surface area is 166 Å². The topological polar surface area (TPSA) is 47.6 Å². The standard InChI is InChI=1S/C20H35N3.C2H5NO/c1-6-20(3,4)16-8-10-19(11-16)23-13-18(14-23)21-17-9-7-15(2)22(5)12-17;1-3-2-4/h7,9,16,18-19,21H,6,8,10-14H2,1-5H3;2H,1H3,(H,3,4). The normalized spacial score (nSPS) is 26.4. The third-order valence-corrected chi connectivity index (χ3v) is 6.89. The molecule has 1 amide bonds. The molecule has 5 heteroatoms. The van der Waals surface area contributed by atoms with Crippen molar-refractivity contribution in [1.82, 2.24) is 20.4 Å². The highest BCUT2D eigenvalue weighted by Crippen LogP contribution is 2.43. The van der Waals surface area contributed by atoms with E-state index in [1.54, 1.807) is 7.05 Å². The van der Waals surface area contributed by atoms with E-state index in [-0.39, 0.29) is 0 Å². The van der Waals surface area contributed by atoms with Gasteiger partial charge in [0, 0.05) is 44.6 Å². The van der Waals surface area contributed by atoms with Gasteiger partial charge in [-0.25, -0.2) is 0 Å². The molecule has 3 aliphatic rings. The minimum Gasteiger partial charge on any atom is -0.382 e. The van der Waals surface area contributed by atoms with Crippen LogP contribution in [0.4, 0.5) is 0 Å². The predicted octanol–water partition coefficient (Wildman–Crippen LogP) is 2.96. The number of amides is 1. The second-order valence-electron chi connectivity index (χ2n) is 9.06. The maximum Gasteiger partial charge on any atom is 0.206 e. The first kappa shape index (κ1) is 21.8. The fourth-order valence-corrected chi connectivity index (χ4v) is 4.33.